The second kappa shape index (κ2) is 18.9. The summed E-state index contributed by atoms with van der Waals surface area (Å²) in [6.45, 7) is 4.71. The van der Waals surface area contributed by atoms with Crippen LogP contribution in [0.4, 0.5) is 34.1 Å². The zero-order valence-corrected chi connectivity index (χ0v) is 40.7. The highest BCUT2D eigenvalue weighted by Gasteiger charge is 2.36. The number of nitrogens with zero attached hydrogens (tertiary/aromatic N) is 2. The summed E-state index contributed by atoms with van der Waals surface area (Å²) in [6, 6.07) is 91.9. The van der Waals surface area contributed by atoms with Crippen LogP contribution >= 0.6 is 0 Å². The summed E-state index contributed by atoms with van der Waals surface area (Å²) in [4.78, 5) is 4.87. The van der Waals surface area contributed by atoms with Crippen molar-refractivity contribution in [3.63, 3.8) is 0 Å². The van der Waals surface area contributed by atoms with E-state index in [-0.39, 0.29) is 5.41 Å². The normalized spacial score (nSPS) is 13.8. The van der Waals surface area contributed by atoms with E-state index in [1.54, 1.807) is 0 Å². The molecule has 0 unspecified atom stereocenters. The van der Waals surface area contributed by atoms with Gasteiger partial charge in [0.05, 0.1) is 0 Å². The predicted molar refractivity (Wildman–Crippen MR) is 301 cm³/mol. The van der Waals surface area contributed by atoms with Crippen LogP contribution in [0.1, 0.15) is 68.6 Å². The van der Waals surface area contributed by atoms with Crippen LogP contribution in [0.5, 0.6) is 0 Å². The molecule has 1 saturated carbocycles. The van der Waals surface area contributed by atoms with E-state index in [1.807, 2.05) is 0 Å². The maximum atomic E-state index is 2.47. The Morgan fingerprint density at radius 1 is 0.310 bits per heavy atom. The molecule has 0 atom stereocenters. The third-order valence-corrected chi connectivity index (χ3v) is 15.3. The van der Waals surface area contributed by atoms with Gasteiger partial charge in [-0.15, -0.1) is 0 Å². The first-order chi connectivity index (χ1) is 35.0. The minimum atomic E-state index is -0.102. The Bertz CT molecular complexity index is 3440. The monoisotopic (exact) mass is 914 g/mol. The number of rotatable bonds is 11. The summed E-state index contributed by atoms with van der Waals surface area (Å²) in [5.74, 6) is 0.573. The van der Waals surface area contributed by atoms with Crippen molar-refractivity contribution in [3.8, 4) is 55.6 Å². The van der Waals surface area contributed by atoms with Crippen molar-refractivity contribution in [2.45, 2.75) is 57.3 Å². The molecule has 2 aliphatic carbocycles. The van der Waals surface area contributed by atoms with Crippen LogP contribution < -0.4 is 9.80 Å². The third-order valence-electron chi connectivity index (χ3n) is 15.3. The van der Waals surface area contributed by atoms with Gasteiger partial charge in [0.25, 0.3) is 0 Å². The molecular weight excluding hydrogens is 857 g/mol. The summed E-state index contributed by atoms with van der Waals surface area (Å²) in [6.07, 6.45) is 6.44. The van der Waals surface area contributed by atoms with E-state index < -0.39 is 0 Å². The predicted octanol–water partition coefficient (Wildman–Crippen LogP) is 19.6. The first kappa shape index (κ1) is 44.0. The van der Waals surface area contributed by atoms with Crippen molar-refractivity contribution < 1.29 is 0 Å². The van der Waals surface area contributed by atoms with Gasteiger partial charge in [-0.05, 0) is 170 Å². The molecule has 0 spiro atoms. The van der Waals surface area contributed by atoms with Gasteiger partial charge in [-0.1, -0.05) is 203 Å². The lowest BCUT2D eigenvalue weighted by Crippen LogP contribution is -2.16. The van der Waals surface area contributed by atoms with Crippen LogP contribution in [0.25, 0.3) is 55.6 Å². The summed E-state index contributed by atoms with van der Waals surface area (Å²) in [7, 11) is 0. The van der Waals surface area contributed by atoms with E-state index in [0.717, 1.165) is 22.7 Å². The summed E-state index contributed by atoms with van der Waals surface area (Å²) >= 11 is 0. The average Bonchev–Trinajstić information content (AvgIpc) is 3.67. The highest BCUT2D eigenvalue weighted by Crippen LogP contribution is 2.51. The topological polar surface area (TPSA) is 6.48 Å². The number of benzene rings is 10. The van der Waals surface area contributed by atoms with Crippen LogP contribution in [0, 0.1) is 0 Å². The highest BCUT2D eigenvalue weighted by molar-refractivity contribution is 5.96. The molecule has 12 rings (SSSR count). The Kier molecular flexibility index (Phi) is 11.8. The van der Waals surface area contributed by atoms with Gasteiger partial charge in [0.1, 0.15) is 0 Å². The lowest BCUT2D eigenvalue weighted by atomic mass is 9.82. The van der Waals surface area contributed by atoms with Gasteiger partial charge >= 0.3 is 0 Å². The number of hydrogen-bond acceptors (Lipinski definition) is 2. The van der Waals surface area contributed by atoms with Gasteiger partial charge in [-0.25, -0.2) is 0 Å². The molecule has 0 heterocycles. The Hall–Kier alpha value is -8.20. The van der Waals surface area contributed by atoms with Crippen LogP contribution in [-0.4, -0.2) is 0 Å². The lowest BCUT2D eigenvalue weighted by molar-refractivity contribution is 0.444. The lowest BCUT2D eigenvalue weighted by Gasteiger charge is -2.31. The molecule has 0 aliphatic heterocycles. The molecule has 2 heteroatoms. The molecule has 344 valence electrons. The van der Waals surface area contributed by atoms with Crippen molar-refractivity contribution >= 4 is 34.1 Å². The molecule has 71 heavy (non-hydrogen) atoms. The molecule has 0 amide bonds. The van der Waals surface area contributed by atoms with Gasteiger partial charge in [0.15, 0.2) is 0 Å². The maximum Gasteiger partial charge on any atom is 0.0496 e. The first-order valence-electron chi connectivity index (χ1n) is 25.5. The zero-order chi connectivity index (χ0) is 47.7. The molecule has 10 aromatic rings. The summed E-state index contributed by atoms with van der Waals surface area (Å²) in [5.41, 5.74) is 23.3. The zero-order valence-electron chi connectivity index (χ0n) is 40.7. The second-order valence-electron chi connectivity index (χ2n) is 19.9. The fraction of sp³-hybridized carbons (Fsp3) is 0.130. The Balaban J connectivity index is 0.963. The molecule has 0 aromatic heterocycles. The van der Waals surface area contributed by atoms with Crippen molar-refractivity contribution in [1.29, 1.82) is 0 Å². The quantitative estimate of drug-likeness (QED) is 0.128. The smallest absolute Gasteiger partial charge is 0.0496 e. The Morgan fingerprint density at radius 2 is 0.718 bits per heavy atom. The van der Waals surface area contributed by atoms with Gasteiger partial charge in [0, 0.05) is 39.5 Å². The minimum Gasteiger partial charge on any atom is -0.310 e. The largest absolute Gasteiger partial charge is 0.310 e. The van der Waals surface area contributed by atoms with Crippen molar-refractivity contribution in [2.24, 2.45) is 0 Å². The van der Waals surface area contributed by atoms with E-state index >= 15 is 0 Å². The van der Waals surface area contributed by atoms with Crippen LogP contribution in [0.15, 0.2) is 249 Å². The molecule has 1 fully saturated rings. The van der Waals surface area contributed by atoms with Crippen LogP contribution in [0.2, 0.25) is 0 Å². The number of anilines is 6. The van der Waals surface area contributed by atoms with E-state index in [9.17, 15) is 0 Å². The van der Waals surface area contributed by atoms with E-state index in [2.05, 4.69) is 272 Å². The van der Waals surface area contributed by atoms with Crippen molar-refractivity contribution in [1.82, 2.24) is 0 Å². The minimum absolute atomic E-state index is 0.102. The van der Waals surface area contributed by atoms with Crippen molar-refractivity contribution in [3.05, 3.63) is 265 Å². The maximum absolute atomic E-state index is 2.47. The second-order valence-corrected chi connectivity index (χ2v) is 19.9. The summed E-state index contributed by atoms with van der Waals surface area (Å²) in [5, 5.41) is 0. The summed E-state index contributed by atoms with van der Waals surface area (Å²) < 4.78 is 0. The number of para-hydroxylation sites is 3. The van der Waals surface area contributed by atoms with E-state index in [4.69, 9.17) is 0 Å². The fourth-order valence-corrected chi connectivity index (χ4v) is 11.7. The fourth-order valence-electron chi connectivity index (χ4n) is 11.7. The molecule has 0 bridgehead atoms. The van der Waals surface area contributed by atoms with Crippen LogP contribution in [-0.2, 0) is 5.41 Å². The number of fused-ring (bicyclic) bond motifs is 3. The molecule has 2 aliphatic rings. The van der Waals surface area contributed by atoms with E-state index in [1.165, 1.54) is 116 Å². The highest BCUT2D eigenvalue weighted by atomic mass is 15.1. The van der Waals surface area contributed by atoms with Gasteiger partial charge in [0.2, 0.25) is 0 Å². The first-order valence-corrected chi connectivity index (χ1v) is 25.5. The van der Waals surface area contributed by atoms with Crippen molar-refractivity contribution in [2.75, 3.05) is 9.80 Å². The van der Waals surface area contributed by atoms with Gasteiger partial charge in [-0.3, -0.25) is 0 Å². The SMILES string of the molecule is CC1(C)c2ccccc2-c2ccc(N(c3ccccc3)c3ccc(-c4cc(-c5ccccc5)c(-c5ccc(N(c6ccccc6)c6ccccc6C6CCCCC6)cc5)cc4-c4ccccc4)cc3)cc21. The van der Waals surface area contributed by atoms with Crippen LogP contribution in [0.3, 0.4) is 0 Å². The average molecular weight is 915 g/mol. The van der Waals surface area contributed by atoms with E-state index in [0.29, 0.717) is 5.92 Å². The molecule has 0 saturated heterocycles. The molecular formula is C69H58N2. The molecule has 0 N–H and O–H groups in total. The Labute approximate surface area is 420 Å². The third kappa shape index (κ3) is 8.34. The molecule has 10 aromatic carbocycles. The molecule has 2 nitrogen and oxygen atoms in total. The molecule has 0 radical (unpaired) electrons. The Morgan fingerprint density at radius 3 is 1.28 bits per heavy atom. The number of hydrogen-bond donors (Lipinski definition) is 0. The standard InChI is InChI=1S/C69H58N2/c1-69(2)66-34-20-18-33-60(66)61-45-44-58(46-67(61)69)70(54-28-14-6-15-29-54)56-40-36-52(37-41-56)64-47-63(51-26-12-5-13-27-51)65(48-62(64)50-24-10-4-11-25-50)53-38-42-57(43-39-53)71(55-30-16-7-17-31-55)68-35-21-19-32-59(68)49-22-8-3-9-23-49/h4-7,10-21,24-49H,3,8-9,22-23H2,1-2H3. The van der Waals surface area contributed by atoms with Gasteiger partial charge < -0.3 is 9.80 Å². The van der Waals surface area contributed by atoms with Gasteiger partial charge in [-0.2, -0.15) is 0 Å².